The number of carboxylic acids is 1. The number of aromatic carboxylic acids is 1. The maximum atomic E-state index is 12.0. The molecular weight excluding hydrogens is 246 g/mol. The zero-order valence-electron chi connectivity index (χ0n) is 10.3. The van der Waals surface area contributed by atoms with E-state index in [-0.39, 0.29) is 17.5 Å². The minimum atomic E-state index is -1.06. The van der Waals surface area contributed by atoms with E-state index in [1.165, 1.54) is 24.5 Å². The molecule has 0 aliphatic rings. The Kier molecular flexibility index (Phi) is 3.66. The highest BCUT2D eigenvalue weighted by Gasteiger charge is 2.14. The van der Waals surface area contributed by atoms with Crippen LogP contribution in [0.25, 0.3) is 0 Å². The molecule has 0 spiro atoms. The Morgan fingerprint density at radius 2 is 1.95 bits per heavy atom. The molecule has 5 heteroatoms. The quantitative estimate of drug-likeness (QED) is 0.883. The lowest BCUT2D eigenvalue weighted by molar-refractivity contribution is 0.0697. The van der Waals surface area contributed by atoms with Crippen LogP contribution in [-0.2, 0) is 0 Å². The molecule has 2 N–H and O–H groups in total. The third-order valence-corrected chi connectivity index (χ3v) is 2.69. The van der Waals surface area contributed by atoms with Gasteiger partial charge >= 0.3 is 5.97 Å². The van der Waals surface area contributed by atoms with Crippen molar-refractivity contribution in [3.05, 3.63) is 59.5 Å². The molecule has 0 radical (unpaired) electrons. The molecule has 1 aromatic carbocycles. The van der Waals surface area contributed by atoms with E-state index in [1.54, 1.807) is 25.1 Å². The highest BCUT2D eigenvalue weighted by atomic mass is 16.4. The molecule has 19 heavy (non-hydrogen) atoms. The Bertz CT molecular complexity index is 589. The van der Waals surface area contributed by atoms with Crippen molar-refractivity contribution in [2.24, 2.45) is 0 Å². The largest absolute Gasteiger partial charge is 0.478 e. The van der Waals surface area contributed by atoms with Gasteiger partial charge in [0.25, 0.3) is 5.91 Å². The van der Waals surface area contributed by atoms with Gasteiger partial charge in [-0.2, -0.15) is 0 Å². The first-order chi connectivity index (χ1) is 9.08. The molecule has 0 saturated heterocycles. The van der Waals surface area contributed by atoms with Crippen LogP contribution in [0.15, 0.2) is 47.1 Å². The fourth-order valence-corrected chi connectivity index (χ4v) is 1.68. The first kappa shape index (κ1) is 12.9. The second kappa shape index (κ2) is 5.39. The van der Waals surface area contributed by atoms with Gasteiger partial charge in [0.1, 0.15) is 5.76 Å². The van der Waals surface area contributed by atoms with E-state index in [9.17, 15) is 9.59 Å². The Morgan fingerprint density at radius 1 is 1.21 bits per heavy atom. The molecule has 1 aromatic heterocycles. The summed E-state index contributed by atoms with van der Waals surface area (Å²) in [6.07, 6.45) is 1.53. The average Bonchev–Trinajstić information content (AvgIpc) is 2.92. The molecule has 5 nitrogen and oxygen atoms in total. The lowest BCUT2D eigenvalue weighted by atomic mass is 10.1. The van der Waals surface area contributed by atoms with Crippen molar-refractivity contribution in [3.8, 4) is 0 Å². The summed E-state index contributed by atoms with van der Waals surface area (Å²) in [5, 5.41) is 11.6. The van der Waals surface area contributed by atoms with Crippen LogP contribution in [0.3, 0.4) is 0 Å². The molecule has 1 heterocycles. The molecule has 0 aliphatic heterocycles. The Morgan fingerprint density at radius 3 is 2.58 bits per heavy atom. The van der Waals surface area contributed by atoms with Crippen molar-refractivity contribution in [1.82, 2.24) is 5.32 Å². The average molecular weight is 259 g/mol. The minimum absolute atomic E-state index is 0.0818. The smallest absolute Gasteiger partial charge is 0.335 e. The van der Waals surface area contributed by atoms with Crippen molar-refractivity contribution in [1.29, 1.82) is 0 Å². The van der Waals surface area contributed by atoms with Crippen molar-refractivity contribution in [3.63, 3.8) is 0 Å². The summed E-state index contributed by atoms with van der Waals surface area (Å²) < 4.78 is 5.19. The Labute approximate surface area is 109 Å². The predicted octanol–water partition coefficient (Wildman–Crippen LogP) is 2.47. The van der Waals surface area contributed by atoms with Crippen molar-refractivity contribution < 1.29 is 19.1 Å². The number of benzene rings is 1. The number of amides is 1. The molecule has 0 unspecified atom stereocenters. The van der Waals surface area contributed by atoms with Crippen LogP contribution in [0, 0.1) is 0 Å². The highest BCUT2D eigenvalue weighted by Crippen LogP contribution is 2.13. The van der Waals surface area contributed by atoms with E-state index in [4.69, 9.17) is 9.52 Å². The van der Waals surface area contributed by atoms with Gasteiger partial charge in [-0.05, 0) is 37.3 Å². The van der Waals surface area contributed by atoms with Gasteiger partial charge in [0.2, 0.25) is 0 Å². The SMILES string of the molecule is C[C@H](NC(=O)c1cccc(C(=O)O)c1)c1ccco1. The van der Waals surface area contributed by atoms with Crippen molar-refractivity contribution in [2.45, 2.75) is 13.0 Å². The number of rotatable bonds is 4. The maximum absolute atomic E-state index is 12.0. The van der Waals surface area contributed by atoms with Crippen LogP contribution in [-0.4, -0.2) is 17.0 Å². The molecule has 0 saturated carbocycles. The summed E-state index contributed by atoms with van der Waals surface area (Å²) in [6.45, 7) is 1.79. The van der Waals surface area contributed by atoms with Gasteiger partial charge in [-0.25, -0.2) is 4.79 Å². The number of carbonyl (C=O) groups is 2. The van der Waals surface area contributed by atoms with E-state index >= 15 is 0 Å². The second-order valence-corrected chi connectivity index (χ2v) is 4.10. The van der Waals surface area contributed by atoms with Crippen molar-refractivity contribution in [2.75, 3.05) is 0 Å². The number of hydrogen-bond acceptors (Lipinski definition) is 3. The topological polar surface area (TPSA) is 79.5 Å². The number of furan rings is 1. The van der Waals surface area contributed by atoms with Gasteiger partial charge in [0.05, 0.1) is 17.9 Å². The van der Waals surface area contributed by atoms with E-state index < -0.39 is 5.97 Å². The van der Waals surface area contributed by atoms with Crippen LogP contribution in [0.1, 0.15) is 39.4 Å². The summed E-state index contributed by atoms with van der Waals surface area (Å²) in [6, 6.07) is 9.10. The molecule has 2 rings (SSSR count). The molecule has 2 aromatic rings. The monoisotopic (exact) mass is 259 g/mol. The Balaban J connectivity index is 2.12. The molecule has 98 valence electrons. The van der Waals surface area contributed by atoms with Gasteiger partial charge in [-0.1, -0.05) is 6.07 Å². The van der Waals surface area contributed by atoms with Gasteiger partial charge in [-0.3, -0.25) is 4.79 Å². The van der Waals surface area contributed by atoms with Crippen LogP contribution in [0.2, 0.25) is 0 Å². The van der Waals surface area contributed by atoms with E-state index in [2.05, 4.69) is 5.32 Å². The lowest BCUT2D eigenvalue weighted by Gasteiger charge is -2.11. The fourth-order valence-electron chi connectivity index (χ4n) is 1.68. The highest BCUT2D eigenvalue weighted by molar-refractivity contribution is 5.97. The van der Waals surface area contributed by atoms with E-state index in [0.29, 0.717) is 11.3 Å². The van der Waals surface area contributed by atoms with E-state index in [1.807, 2.05) is 0 Å². The van der Waals surface area contributed by atoms with E-state index in [0.717, 1.165) is 0 Å². The normalized spacial score (nSPS) is 11.8. The standard InChI is InChI=1S/C14H13NO4/c1-9(12-6-3-7-19-12)15-13(16)10-4-2-5-11(8-10)14(17)18/h2-9H,1H3,(H,15,16)(H,17,18)/t9-/m0/s1. The molecule has 0 fully saturated rings. The zero-order chi connectivity index (χ0) is 13.8. The number of hydrogen-bond donors (Lipinski definition) is 2. The molecule has 0 bridgehead atoms. The summed E-state index contributed by atoms with van der Waals surface area (Å²) in [5.41, 5.74) is 0.386. The lowest BCUT2D eigenvalue weighted by Crippen LogP contribution is -2.26. The predicted molar refractivity (Wildman–Crippen MR) is 68.0 cm³/mol. The van der Waals surface area contributed by atoms with Gasteiger partial charge in [0.15, 0.2) is 0 Å². The second-order valence-electron chi connectivity index (χ2n) is 4.10. The third-order valence-electron chi connectivity index (χ3n) is 2.69. The first-order valence-electron chi connectivity index (χ1n) is 5.75. The van der Waals surface area contributed by atoms with Crippen LogP contribution in [0.4, 0.5) is 0 Å². The molecule has 0 aliphatic carbocycles. The van der Waals surface area contributed by atoms with Crippen LogP contribution in [0.5, 0.6) is 0 Å². The molecular formula is C14H13NO4. The maximum Gasteiger partial charge on any atom is 0.335 e. The summed E-state index contributed by atoms with van der Waals surface area (Å²) in [7, 11) is 0. The van der Waals surface area contributed by atoms with Crippen LogP contribution >= 0.6 is 0 Å². The van der Waals surface area contributed by atoms with Gasteiger partial charge in [-0.15, -0.1) is 0 Å². The van der Waals surface area contributed by atoms with Gasteiger partial charge in [0, 0.05) is 5.56 Å². The summed E-state index contributed by atoms with van der Waals surface area (Å²) >= 11 is 0. The summed E-state index contributed by atoms with van der Waals surface area (Å²) in [4.78, 5) is 22.8. The molecule has 1 atom stereocenters. The first-order valence-corrected chi connectivity index (χ1v) is 5.75. The summed E-state index contributed by atoms with van der Waals surface area (Å²) in [5.74, 6) is -0.761. The number of nitrogens with one attached hydrogen (secondary N) is 1. The fraction of sp³-hybridized carbons (Fsp3) is 0.143. The number of carbonyl (C=O) groups excluding carboxylic acids is 1. The third kappa shape index (κ3) is 3.01. The zero-order valence-corrected chi connectivity index (χ0v) is 10.3. The molecule has 1 amide bonds. The van der Waals surface area contributed by atoms with Crippen LogP contribution < -0.4 is 5.32 Å². The number of carboxylic acid groups (broad SMARTS) is 1. The Hall–Kier alpha value is -2.56. The minimum Gasteiger partial charge on any atom is -0.478 e. The van der Waals surface area contributed by atoms with Gasteiger partial charge < -0.3 is 14.8 Å². The van der Waals surface area contributed by atoms with Crippen molar-refractivity contribution >= 4 is 11.9 Å².